The van der Waals surface area contributed by atoms with E-state index in [4.69, 9.17) is 0 Å². The van der Waals surface area contributed by atoms with Crippen molar-refractivity contribution in [1.82, 2.24) is 19.9 Å². The van der Waals surface area contributed by atoms with Crippen molar-refractivity contribution in [2.45, 2.75) is 25.3 Å². The second-order valence-electron chi connectivity index (χ2n) is 6.53. The Morgan fingerprint density at radius 1 is 1.17 bits per heavy atom. The molecule has 1 saturated heterocycles. The second kappa shape index (κ2) is 5.61. The molecular weight excluding hydrogens is 290 g/mol. The van der Waals surface area contributed by atoms with Gasteiger partial charge < -0.3 is 10.2 Å². The summed E-state index contributed by atoms with van der Waals surface area (Å²) < 4.78 is 0. The lowest BCUT2D eigenvalue weighted by atomic mass is 9.65. The molecule has 6 nitrogen and oxygen atoms in total. The van der Waals surface area contributed by atoms with E-state index in [1.165, 1.54) is 0 Å². The molecule has 2 fully saturated rings. The van der Waals surface area contributed by atoms with Gasteiger partial charge in [-0.2, -0.15) is 0 Å². The largest absolute Gasteiger partial charge is 0.351 e. The van der Waals surface area contributed by atoms with E-state index >= 15 is 0 Å². The van der Waals surface area contributed by atoms with E-state index in [9.17, 15) is 4.79 Å². The fourth-order valence-corrected chi connectivity index (χ4v) is 3.76. The van der Waals surface area contributed by atoms with Gasteiger partial charge in [0.1, 0.15) is 0 Å². The summed E-state index contributed by atoms with van der Waals surface area (Å²) in [7, 11) is 0. The monoisotopic (exact) mass is 309 g/mol. The van der Waals surface area contributed by atoms with Crippen molar-refractivity contribution in [2.24, 2.45) is 5.41 Å². The zero-order chi connectivity index (χ0) is 15.7. The summed E-state index contributed by atoms with van der Waals surface area (Å²) in [5.74, 6) is 0.808. The van der Waals surface area contributed by atoms with Crippen LogP contribution in [-0.4, -0.2) is 44.9 Å². The highest BCUT2D eigenvalue weighted by molar-refractivity contribution is 5.94. The number of hydrogen-bond acceptors (Lipinski definition) is 5. The molecule has 3 heterocycles. The van der Waals surface area contributed by atoms with Gasteiger partial charge in [-0.05, 0) is 42.9 Å². The second-order valence-corrected chi connectivity index (χ2v) is 6.53. The van der Waals surface area contributed by atoms with Gasteiger partial charge in [0.05, 0.1) is 0 Å². The number of hydrogen-bond donors (Lipinski definition) is 1. The van der Waals surface area contributed by atoms with Crippen LogP contribution in [0.3, 0.4) is 0 Å². The number of anilines is 1. The van der Waals surface area contributed by atoms with Crippen molar-refractivity contribution in [3.8, 4) is 0 Å². The Labute approximate surface area is 135 Å². The average molecular weight is 309 g/mol. The molecule has 1 aliphatic heterocycles. The van der Waals surface area contributed by atoms with Gasteiger partial charge in [0.15, 0.2) is 0 Å². The van der Waals surface area contributed by atoms with Gasteiger partial charge in [0.25, 0.3) is 5.91 Å². The van der Waals surface area contributed by atoms with Crippen LogP contribution >= 0.6 is 0 Å². The summed E-state index contributed by atoms with van der Waals surface area (Å²) in [5, 5.41) is 3.37. The molecule has 1 amide bonds. The predicted molar refractivity (Wildman–Crippen MR) is 85.9 cm³/mol. The number of pyridine rings is 1. The first kappa shape index (κ1) is 14.1. The normalized spacial score (nSPS) is 26.1. The van der Waals surface area contributed by atoms with Gasteiger partial charge in [-0.1, -0.05) is 0 Å². The Balaban J connectivity index is 1.34. The van der Waals surface area contributed by atoms with Crippen LogP contribution in [0.15, 0.2) is 43.0 Å². The fraction of sp³-hybridized carbons (Fsp3) is 0.412. The number of amides is 1. The lowest BCUT2D eigenvalue weighted by Gasteiger charge is -2.45. The molecule has 0 atom stereocenters. The predicted octanol–water partition coefficient (Wildman–Crippen LogP) is 1.98. The van der Waals surface area contributed by atoms with Gasteiger partial charge >= 0.3 is 0 Å². The topological polar surface area (TPSA) is 71.0 Å². The summed E-state index contributed by atoms with van der Waals surface area (Å²) >= 11 is 0. The maximum atomic E-state index is 12.5. The zero-order valence-corrected chi connectivity index (χ0v) is 12.9. The summed E-state index contributed by atoms with van der Waals surface area (Å²) in [5.41, 5.74) is 0.999. The van der Waals surface area contributed by atoms with Crippen molar-refractivity contribution in [1.29, 1.82) is 0 Å². The standard InChI is InChI=1S/C17H19N5O/c23-15(13-2-7-18-8-3-13)22-9-4-17(12-22)10-14(11-17)21-16-19-5-1-6-20-16/h1-3,5-8,14H,4,9-12H2,(H,19,20,21). The highest BCUT2D eigenvalue weighted by Gasteiger charge is 2.49. The van der Waals surface area contributed by atoms with Crippen molar-refractivity contribution in [2.75, 3.05) is 18.4 Å². The minimum Gasteiger partial charge on any atom is -0.351 e. The molecule has 1 spiro atoms. The van der Waals surface area contributed by atoms with Crippen LogP contribution in [0.25, 0.3) is 0 Å². The van der Waals surface area contributed by atoms with Crippen LogP contribution in [0.1, 0.15) is 29.6 Å². The summed E-state index contributed by atoms with van der Waals surface area (Å²) in [6.07, 6.45) is 10.1. The number of nitrogens with zero attached hydrogens (tertiary/aromatic N) is 4. The van der Waals surface area contributed by atoms with Crippen LogP contribution in [-0.2, 0) is 0 Å². The van der Waals surface area contributed by atoms with Gasteiger partial charge in [-0.15, -0.1) is 0 Å². The average Bonchev–Trinajstić information content (AvgIpc) is 3.01. The number of aromatic nitrogens is 3. The summed E-state index contributed by atoms with van der Waals surface area (Å²) in [6.45, 7) is 1.69. The van der Waals surface area contributed by atoms with E-state index in [2.05, 4.69) is 20.3 Å². The maximum Gasteiger partial charge on any atom is 0.253 e. The van der Waals surface area contributed by atoms with Crippen LogP contribution in [0.5, 0.6) is 0 Å². The minimum atomic E-state index is 0.118. The Hall–Kier alpha value is -2.50. The first-order valence-electron chi connectivity index (χ1n) is 7.97. The molecule has 0 radical (unpaired) electrons. The van der Waals surface area contributed by atoms with Crippen molar-refractivity contribution in [3.63, 3.8) is 0 Å². The number of carbonyl (C=O) groups is 1. The highest BCUT2D eigenvalue weighted by Crippen LogP contribution is 2.49. The molecule has 1 saturated carbocycles. The number of nitrogens with one attached hydrogen (secondary N) is 1. The molecule has 0 bridgehead atoms. The molecule has 23 heavy (non-hydrogen) atoms. The molecule has 4 rings (SSSR count). The van der Waals surface area contributed by atoms with Crippen LogP contribution < -0.4 is 5.32 Å². The maximum absolute atomic E-state index is 12.5. The van der Waals surface area contributed by atoms with Gasteiger partial charge in [0, 0.05) is 49.5 Å². The molecule has 6 heteroatoms. The van der Waals surface area contributed by atoms with E-state index in [0.717, 1.165) is 37.9 Å². The van der Waals surface area contributed by atoms with E-state index in [-0.39, 0.29) is 11.3 Å². The fourth-order valence-electron chi connectivity index (χ4n) is 3.76. The van der Waals surface area contributed by atoms with Crippen molar-refractivity contribution < 1.29 is 4.79 Å². The first-order chi connectivity index (χ1) is 11.2. The molecule has 2 aromatic heterocycles. The molecule has 1 N–H and O–H groups in total. The summed E-state index contributed by atoms with van der Waals surface area (Å²) in [4.78, 5) is 26.9. The molecule has 2 aliphatic rings. The van der Waals surface area contributed by atoms with E-state index in [1.807, 2.05) is 11.0 Å². The smallest absolute Gasteiger partial charge is 0.253 e. The molecule has 0 unspecified atom stereocenters. The van der Waals surface area contributed by atoms with E-state index in [1.54, 1.807) is 36.9 Å². The van der Waals surface area contributed by atoms with Crippen LogP contribution in [0, 0.1) is 5.41 Å². The van der Waals surface area contributed by atoms with Gasteiger partial charge in [-0.3, -0.25) is 9.78 Å². The first-order valence-corrected chi connectivity index (χ1v) is 7.97. The molecule has 2 aromatic rings. The number of carbonyl (C=O) groups excluding carboxylic acids is 1. The Bertz CT molecular complexity index is 685. The zero-order valence-electron chi connectivity index (χ0n) is 12.9. The van der Waals surface area contributed by atoms with Crippen molar-refractivity contribution >= 4 is 11.9 Å². The molecular formula is C17H19N5O. The minimum absolute atomic E-state index is 0.118. The summed E-state index contributed by atoms with van der Waals surface area (Å²) in [6, 6.07) is 5.79. The third kappa shape index (κ3) is 2.76. The highest BCUT2D eigenvalue weighted by atomic mass is 16.2. The number of likely N-dealkylation sites (tertiary alicyclic amines) is 1. The number of rotatable bonds is 3. The van der Waals surface area contributed by atoms with Gasteiger partial charge in [0.2, 0.25) is 5.95 Å². The Morgan fingerprint density at radius 3 is 2.65 bits per heavy atom. The van der Waals surface area contributed by atoms with Gasteiger partial charge in [-0.25, -0.2) is 9.97 Å². The lowest BCUT2D eigenvalue weighted by Crippen LogP contribution is -2.47. The van der Waals surface area contributed by atoms with Crippen LogP contribution in [0.4, 0.5) is 5.95 Å². The third-order valence-electron chi connectivity index (χ3n) is 4.91. The third-order valence-corrected chi connectivity index (χ3v) is 4.91. The van der Waals surface area contributed by atoms with E-state index in [0.29, 0.717) is 12.0 Å². The van der Waals surface area contributed by atoms with E-state index < -0.39 is 0 Å². The quantitative estimate of drug-likeness (QED) is 0.938. The van der Waals surface area contributed by atoms with Crippen LogP contribution in [0.2, 0.25) is 0 Å². The molecule has 118 valence electrons. The Kier molecular flexibility index (Phi) is 3.44. The Morgan fingerprint density at radius 2 is 1.91 bits per heavy atom. The molecule has 0 aromatic carbocycles. The molecule has 1 aliphatic carbocycles. The SMILES string of the molecule is O=C(c1ccncc1)N1CCC2(CC(Nc3ncccn3)C2)C1. The lowest BCUT2D eigenvalue weighted by molar-refractivity contribution is 0.0715. The van der Waals surface area contributed by atoms with Crippen molar-refractivity contribution in [3.05, 3.63) is 48.5 Å².